The molecular weight excluding hydrogens is 400 g/mol. The van der Waals surface area contributed by atoms with Crippen LogP contribution >= 0.6 is 0 Å². The van der Waals surface area contributed by atoms with Crippen molar-refractivity contribution in [3.05, 3.63) is 82.9 Å². The van der Waals surface area contributed by atoms with Gasteiger partial charge in [-0.1, -0.05) is 41.1 Å². The summed E-state index contributed by atoms with van der Waals surface area (Å²) in [6.45, 7) is 5.67. The maximum Gasteiger partial charge on any atom is 0.172 e. The molecule has 5 rings (SSSR count). The number of oxime groups is 1. The number of ether oxygens (including phenoxy) is 1. The average molecular weight is 429 g/mol. The Hall–Kier alpha value is -3.54. The molecule has 0 bridgehead atoms. The summed E-state index contributed by atoms with van der Waals surface area (Å²) < 4.78 is 7.67. The van der Waals surface area contributed by atoms with E-state index in [9.17, 15) is 0 Å². The second-order valence-corrected chi connectivity index (χ2v) is 8.46. The highest BCUT2D eigenvalue weighted by atomic mass is 16.6. The number of aryl methyl sites for hydroxylation is 2. The Balaban J connectivity index is 1.46. The Morgan fingerprint density at radius 3 is 2.84 bits per heavy atom. The zero-order valence-corrected chi connectivity index (χ0v) is 18.8. The molecule has 3 heterocycles. The van der Waals surface area contributed by atoms with Crippen molar-refractivity contribution < 1.29 is 9.57 Å². The van der Waals surface area contributed by atoms with Crippen molar-refractivity contribution in [3.63, 3.8) is 0 Å². The summed E-state index contributed by atoms with van der Waals surface area (Å²) in [6, 6.07) is 15.1. The minimum Gasteiger partial charge on any atom is -0.495 e. The van der Waals surface area contributed by atoms with E-state index in [0.29, 0.717) is 6.61 Å². The van der Waals surface area contributed by atoms with Crippen LogP contribution in [0.3, 0.4) is 0 Å². The number of imidazole rings is 1. The molecule has 1 atom stereocenters. The Labute approximate surface area is 188 Å². The minimum absolute atomic E-state index is 0.187. The van der Waals surface area contributed by atoms with Crippen molar-refractivity contribution in [2.75, 3.05) is 20.3 Å². The first-order chi connectivity index (χ1) is 15.6. The van der Waals surface area contributed by atoms with Gasteiger partial charge in [-0.05, 0) is 61.6 Å². The topological polar surface area (TPSA) is 51.9 Å². The number of benzene rings is 2. The normalized spacial score (nSPS) is 19.3. The molecule has 0 saturated carbocycles. The van der Waals surface area contributed by atoms with Gasteiger partial charge in [0.25, 0.3) is 0 Å². The van der Waals surface area contributed by atoms with E-state index >= 15 is 0 Å². The van der Waals surface area contributed by atoms with Crippen LogP contribution in [0.2, 0.25) is 0 Å². The molecule has 0 aliphatic carbocycles. The van der Waals surface area contributed by atoms with Gasteiger partial charge in [-0.3, -0.25) is 0 Å². The summed E-state index contributed by atoms with van der Waals surface area (Å²) >= 11 is 0. The first kappa shape index (κ1) is 20.4. The molecule has 0 N–H and O–H groups in total. The number of amidine groups is 1. The van der Waals surface area contributed by atoms with Gasteiger partial charge in [-0.25, -0.2) is 4.98 Å². The van der Waals surface area contributed by atoms with E-state index in [1.54, 1.807) is 7.11 Å². The van der Waals surface area contributed by atoms with E-state index in [1.165, 1.54) is 16.7 Å². The van der Waals surface area contributed by atoms with Gasteiger partial charge in [0.05, 0.1) is 30.9 Å². The predicted molar refractivity (Wildman–Crippen MR) is 126 cm³/mol. The Morgan fingerprint density at radius 2 is 2.06 bits per heavy atom. The average Bonchev–Trinajstić information content (AvgIpc) is 3.25. The van der Waals surface area contributed by atoms with Crippen molar-refractivity contribution in [1.82, 2.24) is 14.5 Å². The molecule has 6 nitrogen and oxygen atoms in total. The molecule has 1 fully saturated rings. The molecule has 2 aliphatic heterocycles. The molecule has 6 heteroatoms. The van der Waals surface area contributed by atoms with Crippen LogP contribution in [-0.4, -0.2) is 40.5 Å². The van der Waals surface area contributed by atoms with Gasteiger partial charge < -0.3 is 19.0 Å². The maximum atomic E-state index is 5.71. The molecule has 32 heavy (non-hydrogen) atoms. The van der Waals surface area contributed by atoms with E-state index in [0.717, 1.165) is 47.9 Å². The summed E-state index contributed by atoms with van der Waals surface area (Å²) in [7, 11) is 1.70. The van der Waals surface area contributed by atoms with Crippen LogP contribution in [0, 0.1) is 13.8 Å². The smallest absolute Gasteiger partial charge is 0.172 e. The number of hydrogen-bond donors (Lipinski definition) is 0. The summed E-state index contributed by atoms with van der Waals surface area (Å²) in [5, 5.41) is 4.47. The van der Waals surface area contributed by atoms with Gasteiger partial charge in [0.1, 0.15) is 12.4 Å². The first-order valence-corrected chi connectivity index (χ1v) is 11.1. The van der Waals surface area contributed by atoms with Crippen LogP contribution in [-0.2, 0) is 4.84 Å². The Bertz CT molecular complexity index is 1190. The van der Waals surface area contributed by atoms with Gasteiger partial charge >= 0.3 is 0 Å². The van der Waals surface area contributed by atoms with Crippen LogP contribution in [0.1, 0.15) is 41.3 Å². The zero-order valence-electron chi connectivity index (χ0n) is 18.8. The van der Waals surface area contributed by atoms with Crippen molar-refractivity contribution >= 4 is 11.9 Å². The van der Waals surface area contributed by atoms with E-state index in [4.69, 9.17) is 9.57 Å². The van der Waals surface area contributed by atoms with Crippen LogP contribution in [0.5, 0.6) is 5.75 Å². The minimum atomic E-state index is 0.187. The lowest BCUT2D eigenvalue weighted by atomic mass is 9.95. The molecule has 3 aromatic rings. The van der Waals surface area contributed by atoms with Crippen LogP contribution in [0.15, 0.2) is 65.7 Å². The van der Waals surface area contributed by atoms with Crippen molar-refractivity contribution in [3.8, 4) is 11.4 Å². The largest absolute Gasteiger partial charge is 0.495 e. The number of nitrogens with zero attached hydrogens (tertiary/aromatic N) is 4. The third kappa shape index (κ3) is 3.88. The molecular formula is C26H28N4O2. The first-order valence-electron chi connectivity index (χ1n) is 11.1. The number of rotatable bonds is 4. The fraction of sp³-hybridized carbons (Fsp3) is 0.308. The number of piperidine rings is 1. The molecule has 1 unspecified atom stereocenters. The number of hydrogen-bond acceptors (Lipinski definition) is 5. The molecule has 2 aliphatic rings. The molecule has 0 amide bonds. The molecule has 1 aromatic heterocycles. The second-order valence-electron chi connectivity index (χ2n) is 8.46. The van der Waals surface area contributed by atoms with E-state index < -0.39 is 0 Å². The van der Waals surface area contributed by atoms with Crippen LogP contribution in [0.25, 0.3) is 11.8 Å². The van der Waals surface area contributed by atoms with Crippen molar-refractivity contribution in [1.29, 1.82) is 0 Å². The Kier molecular flexibility index (Phi) is 5.43. The van der Waals surface area contributed by atoms with Crippen LogP contribution < -0.4 is 4.74 Å². The van der Waals surface area contributed by atoms with Crippen molar-refractivity contribution in [2.24, 2.45) is 5.16 Å². The molecule has 0 spiro atoms. The quantitative estimate of drug-likeness (QED) is 0.583. The fourth-order valence-corrected chi connectivity index (χ4v) is 4.56. The van der Waals surface area contributed by atoms with Gasteiger partial charge in [0.2, 0.25) is 0 Å². The lowest BCUT2D eigenvalue weighted by Crippen LogP contribution is -2.44. The molecule has 0 radical (unpaired) electrons. The van der Waals surface area contributed by atoms with E-state index in [1.807, 2.05) is 24.0 Å². The third-order valence-corrected chi connectivity index (χ3v) is 6.13. The van der Waals surface area contributed by atoms with Gasteiger partial charge in [0, 0.05) is 12.7 Å². The highest BCUT2D eigenvalue weighted by molar-refractivity contribution is 6.03. The fourth-order valence-electron chi connectivity index (χ4n) is 4.56. The second kappa shape index (κ2) is 8.54. The van der Waals surface area contributed by atoms with Crippen molar-refractivity contribution in [2.45, 2.75) is 32.7 Å². The summed E-state index contributed by atoms with van der Waals surface area (Å²) in [5.74, 6) is 1.76. The summed E-state index contributed by atoms with van der Waals surface area (Å²) in [4.78, 5) is 12.4. The summed E-state index contributed by atoms with van der Waals surface area (Å²) in [5.41, 5.74) is 6.76. The highest BCUT2D eigenvalue weighted by Gasteiger charge is 2.33. The standard InChI is InChI=1S/C26H28N4O2/c1-18-6-4-7-21(12-18)24-16-32-28-26-22(8-5-11-30(24)26)13-20-9-10-23(25(14-20)31-3)29-15-19(2)27-17-29/h4,6-7,9-10,12-15,17,24H,5,8,11,16H2,1-3H3/b22-13+. The van der Waals surface area contributed by atoms with Gasteiger partial charge in [-0.15, -0.1) is 0 Å². The van der Waals surface area contributed by atoms with E-state index in [2.05, 4.69) is 70.5 Å². The van der Waals surface area contributed by atoms with Gasteiger partial charge in [-0.2, -0.15) is 0 Å². The molecule has 1 saturated heterocycles. The lowest BCUT2D eigenvalue weighted by Gasteiger charge is -2.40. The summed E-state index contributed by atoms with van der Waals surface area (Å²) in [6.07, 6.45) is 8.08. The van der Waals surface area contributed by atoms with Gasteiger partial charge in [0.15, 0.2) is 5.84 Å². The number of fused-ring (bicyclic) bond motifs is 1. The predicted octanol–water partition coefficient (Wildman–Crippen LogP) is 5.06. The third-order valence-electron chi connectivity index (χ3n) is 6.13. The molecule has 164 valence electrons. The number of methoxy groups -OCH3 is 1. The maximum absolute atomic E-state index is 5.71. The van der Waals surface area contributed by atoms with E-state index in [-0.39, 0.29) is 6.04 Å². The SMILES string of the molecule is COc1cc(/C=C2\CCCN3C2=NOCC3c2cccc(C)c2)ccc1-n1cnc(C)c1. The number of aromatic nitrogens is 2. The van der Waals surface area contributed by atoms with Crippen LogP contribution in [0.4, 0.5) is 0 Å². The highest BCUT2D eigenvalue weighted by Crippen LogP contribution is 2.34. The zero-order chi connectivity index (χ0) is 22.1. The molecule has 2 aromatic carbocycles. The Morgan fingerprint density at radius 1 is 1.16 bits per heavy atom. The lowest BCUT2D eigenvalue weighted by molar-refractivity contribution is 0.0575. The monoisotopic (exact) mass is 428 g/mol.